The zero-order chi connectivity index (χ0) is 31.0. The number of amides is 3. The highest BCUT2D eigenvalue weighted by Crippen LogP contribution is 2.53. The fourth-order valence-electron chi connectivity index (χ4n) is 5.24. The van der Waals surface area contributed by atoms with Crippen LogP contribution in [-0.4, -0.2) is 47.1 Å². The number of halogens is 1. The van der Waals surface area contributed by atoms with Crippen molar-refractivity contribution < 1.29 is 33.0 Å². The van der Waals surface area contributed by atoms with Crippen LogP contribution in [0.15, 0.2) is 82.6 Å². The van der Waals surface area contributed by atoms with E-state index in [1.54, 1.807) is 55.5 Å². The van der Waals surface area contributed by atoms with Gasteiger partial charge >= 0.3 is 10.8 Å². The van der Waals surface area contributed by atoms with Crippen LogP contribution in [0.25, 0.3) is 0 Å². The molecule has 3 amide bonds. The minimum atomic E-state index is -0.788. The molecular weight excluding hydrogens is 609 g/mol. The number of aromatic nitrogens is 1. The fraction of sp³-hybridized carbons (Fsp3) is 0.194. The van der Waals surface area contributed by atoms with E-state index in [2.05, 4.69) is 10.3 Å². The molecular formula is C31H24FN3O7S2. The van der Waals surface area contributed by atoms with Gasteiger partial charge in [0.15, 0.2) is 6.61 Å². The molecule has 1 saturated heterocycles. The van der Waals surface area contributed by atoms with Gasteiger partial charge in [-0.15, -0.1) is 0 Å². The van der Waals surface area contributed by atoms with Gasteiger partial charge in [-0.2, -0.15) is 0 Å². The molecule has 3 atom stereocenters. The highest BCUT2D eigenvalue weighted by molar-refractivity contribution is 8.00. The van der Waals surface area contributed by atoms with Crippen molar-refractivity contribution in [1.82, 2.24) is 4.98 Å². The van der Waals surface area contributed by atoms with E-state index in [0.29, 0.717) is 32.5 Å². The van der Waals surface area contributed by atoms with Gasteiger partial charge in [-0.25, -0.2) is 14.1 Å². The van der Waals surface area contributed by atoms with Crippen LogP contribution in [0, 0.1) is 11.7 Å². The number of thiazole rings is 1. The zero-order valence-corrected chi connectivity index (χ0v) is 24.7. The van der Waals surface area contributed by atoms with Gasteiger partial charge in [0, 0.05) is 16.5 Å². The number of benzene rings is 3. The van der Waals surface area contributed by atoms with Crippen LogP contribution in [0.1, 0.15) is 33.6 Å². The molecule has 13 heteroatoms. The Kier molecular flexibility index (Phi) is 8.06. The molecule has 0 saturated carbocycles. The smallest absolute Gasteiger partial charge is 0.338 e. The molecule has 2 N–H and O–H groups in total. The van der Waals surface area contributed by atoms with Crippen LogP contribution < -0.4 is 19.8 Å². The number of esters is 1. The van der Waals surface area contributed by atoms with Crippen LogP contribution in [0.2, 0.25) is 0 Å². The maximum atomic E-state index is 13.7. The standard InChI is InChI=1S/C31H24FN3O7S2/c1-2-41-30(39)17-3-9-19(10-4-17)33-22(36)15-42-21-13-5-16(6-14-21)23-24-26(43-27-25(23)44-31(40)34-27)29(38)35(28(24)37)20-11-7-18(32)8-12-20/h3-14,23-24,26H,2,15H2,1H3,(H,33,36)(H,34,40). The molecule has 4 aromatic rings. The molecule has 1 aromatic heterocycles. The van der Waals surface area contributed by atoms with Crippen molar-refractivity contribution in [2.75, 3.05) is 23.4 Å². The lowest BCUT2D eigenvalue weighted by atomic mass is 9.83. The van der Waals surface area contributed by atoms with E-state index >= 15 is 0 Å². The summed E-state index contributed by atoms with van der Waals surface area (Å²) in [5.74, 6) is -3.18. The summed E-state index contributed by atoms with van der Waals surface area (Å²) in [6.07, 6.45) is 0. The maximum absolute atomic E-state index is 13.7. The summed E-state index contributed by atoms with van der Waals surface area (Å²) in [7, 11) is 0. The quantitative estimate of drug-likeness (QED) is 0.213. The van der Waals surface area contributed by atoms with E-state index in [-0.39, 0.29) is 23.8 Å². The summed E-state index contributed by atoms with van der Waals surface area (Å²) < 4.78 is 24.1. The Bertz CT molecular complexity index is 1800. The Hall–Kier alpha value is -4.75. The highest BCUT2D eigenvalue weighted by Gasteiger charge is 2.56. The monoisotopic (exact) mass is 633 g/mol. The minimum absolute atomic E-state index is 0.263. The van der Waals surface area contributed by atoms with Crippen LogP contribution >= 0.6 is 23.1 Å². The molecule has 44 heavy (non-hydrogen) atoms. The molecule has 0 aliphatic carbocycles. The van der Waals surface area contributed by atoms with E-state index in [4.69, 9.17) is 9.47 Å². The number of thioether (sulfide) groups is 1. The van der Waals surface area contributed by atoms with Crippen LogP contribution in [0.4, 0.5) is 15.8 Å². The van der Waals surface area contributed by atoms with E-state index < -0.39 is 46.6 Å². The van der Waals surface area contributed by atoms with E-state index in [1.165, 1.54) is 24.3 Å². The number of fused-ring (bicyclic) bond motifs is 2. The van der Waals surface area contributed by atoms with Crippen LogP contribution in [-0.2, 0) is 19.1 Å². The summed E-state index contributed by atoms with van der Waals surface area (Å²) >= 11 is 2.15. The van der Waals surface area contributed by atoms with Crippen LogP contribution in [0.3, 0.4) is 0 Å². The molecule has 3 unspecified atom stereocenters. The van der Waals surface area contributed by atoms with Gasteiger partial charge in [0.1, 0.15) is 16.8 Å². The molecule has 6 rings (SSSR count). The van der Waals surface area contributed by atoms with E-state index in [9.17, 15) is 28.4 Å². The number of aromatic amines is 1. The first-order valence-electron chi connectivity index (χ1n) is 13.6. The molecule has 2 aliphatic heterocycles. The van der Waals surface area contributed by atoms with Crippen molar-refractivity contribution in [2.24, 2.45) is 5.92 Å². The lowest BCUT2D eigenvalue weighted by Gasteiger charge is -2.29. The number of carbonyl (C=O) groups is 4. The van der Waals surface area contributed by atoms with Crippen molar-refractivity contribution in [3.63, 3.8) is 0 Å². The first-order valence-corrected chi connectivity index (χ1v) is 15.3. The normalized spacial score (nSPS) is 18.9. The van der Waals surface area contributed by atoms with Crippen molar-refractivity contribution in [3.8, 4) is 5.75 Å². The van der Waals surface area contributed by atoms with Gasteiger partial charge in [-0.1, -0.05) is 35.2 Å². The first kappa shape index (κ1) is 29.3. The number of anilines is 2. The predicted octanol–water partition coefficient (Wildman–Crippen LogP) is 4.57. The third-order valence-electron chi connectivity index (χ3n) is 7.20. The summed E-state index contributed by atoms with van der Waals surface area (Å²) in [4.78, 5) is 68.0. The minimum Gasteiger partial charge on any atom is -0.484 e. The molecule has 0 radical (unpaired) electrons. The molecule has 3 aromatic carbocycles. The first-order chi connectivity index (χ1) is 21.2. The molecule has 3 heterocycles. The molecule has 10 nitrogen and oxygen atoms in total. The van der Waals surface area contributed by atoms with E-state index in [1.807, 2.05) is 0 Å². The average molecular weight is 634 g/mol. The second-order valence-electron chi connectivity index (χ2n) is 9.94. The fourth-order valence-corrected chi connectivity index (χ4v) is 7.76. The number of hydrogen-bond acceptors (Lipinski definition) is 9. The summed E-state index contributed by atoms with van der Waals surface area (Å²) in [5.41, 5.74) is 1.83. The molecule has 0 spiro atoms. The highest BCUT2D eigenvalue weighted by atomic mass is 32.2. The predicted molar refractivity (Wildman–Crippen MR) is 162 cm³/mol. The van der Waals surface area contributed by atoms with Gasteiger partial charge in [0.05, 0.1) is 28.8 Å². The largest absolute Gasteiger partial charge is 0.484 e. The molecule has 2 aliphatic rings. The van der Waals surface area contributed by atoms with Gasteiger partial charge in [-0.3, -0.25) is 19.2 Å². The molecule has 1 fully saturated rings. The summed E-state index contributed by atoms with van der Waals surface area (Å²) in [6, 6.07) is 18.2. The third-order valence-corrected chi connectivity index (χ3v) is 9.60. The number of imide groups is 1. The number of H-pyrrole nitrogens is 1. The average Bonchev–Trinajstić information content (AvgIpc) is 3.51. The molecule has 224 valence electrons. The van der Waals surface area contributed by atoms with E-state index in [0.717, 1.165) is 28.0 Å². The number of ether oxygens (including phenoxy) is 2. The maximum Gasteiger partial charge on any atom is 0.338 e. The Balaban J connectivity index is 1.17. The van der Waals surface area contributed by atoms with Crippen molar-refractivity contribution in [2.45, 2.75) is 23.1 Å². The lowest BCUT2D eigenvalue weighted by Crippen LogP contribution is -2.32. The zero-order valence-electron chi connectivity index (χ0n) is 23.1. The summed E-state index contributed by atoms with van der Waals surface area (Å²) in [5, 5.41) is 2.46. The topological polar surface area (TPSA) is 135 Å². The number of nitrogens with one attached hydrogen (secondary N) is 2. The summed E-state index contributed by atoms with van der Waals surface area (Å²) in [6.45, 7) is 1.70. The number of nitrogens with zero attached hydrogens (tertiary/aromatic N) is 1. The number of rotatable bonds is 8. The number of hydrogen-bond donors (Lipinski definition) is 2. The van der Waals surface area contributed by atoms with Gasteiger partial charge in [0.25, 0.3) is 5.91 Å². The van der Waals surface area contributed by atoms with Gasteiger partial charge < -0.3 is 19.8 Å². The molecule has 0 bridgehead atoms. The van der Waals surface area contributed by atoms with Crippen molar-refractivity contribution in [1.29, 1.82) is 0 Å². The second kappa shape index (κ2) is 12.1. The third kappa shape index (κ3) is 5.63. The van der Waals surface area contributed by atoms with Gasteiger partial charge in [-0.05, 0) is 73.2 Å². The lowest BCUT2D eigenvalue weighted by molar-refractivity contribution is -0.122. The SMILES string of the molecule is CCOC(=O)c1ccc(NC(=O)COc2ccc(C3c4sc(=O)[nH]c4SC4C(=O)N(c5ccc(F)cc5)C(=O)C43)cc2)cc1. The Labute approximate surface area is 258 Å². The van der Waals surface area contributed by atoms with Gasteiger partial charge in [0.2, 0.25) is 11.8 Å². The number of carbonyl (C=O) groups excluding carboxylic acids is 4. The van der Waals surface area contributed by atoms with Crippen molar-refractivity contribution >= 4 is 58.2 Å². The van der Waals surface area contributed by atoms with Crippen LogP contribution in [0.5, 0.6) is 5.75 Å². The Morgan fingerprint density at radius 3 is 2.34 bits per heavy atom. The Morgan fingerprint density at radius 2 is 1.66 bits per heavy atom. The second-order valence-corrected chi connectivity index (χ2v) is 12.1. The van der Waals surface area contributed by atoms with Crippen molar-refractivity contribution in [3.05, 3.63) is 104 Å². The Morgan fingerprint density at radius 1 is 0.955 bits per heavy atom.